The Morgan fingerprint density at radius 1 is 1.16 bits per heavy atom. The van der Waals surface area contributed by atoms with Crippen molar-refractivity contribution in [3.8, 4) is 11.8 Å². The van der Waals surface area contributed by atoms with E-state index in [9.17, 15) is 10.1 Å². The highest BCUT2D eigenvalue weighted by Gasteiger charge is 2.33. The highest BCUT2D eigenvalue weighted by atomic mass is 32.1. The van der Waals surface area contributed by atoms with Crippen LogP contribution >= 0.6 is 12.6 Å². The molecule has 1 aliphatic rings. The van der Waals surface area contributed by atoms with Gasteiger partial charge in [-0.3, -0.25) is 4.79 Å². The monoisotopic (exact) mass is 351 g/mol. The fraction of sp³-hybridized carbons (Fsp3) is 0.158. The van der Waals surface area contributed by atoms with Crippen LogP contribution in [-0.4, -0.2) is 13.0 Å². The predicted octanol–water partition coefficient (Wildman–Crippen LogP) is 3.30. The molecule has 5 nitrogen and oxygen atoms in total. The largest absolute Gasteiger partial charge is 0.497 e. The fourth-order valence-corrected chi connectivity index (χ4v) is 3.08. The van der Waals surface area contributed by atoms with Crippen molar-refractivity contribution < 1.29 is 9.53 Å². The van der Waals surface area contributed by atoms with Gasteiger partial charge in [0.25, 0.3) is 5.91 Å². The number of benzene rings is 2. The Hall–Kier alpha value is -2.91. The van der Waals surface area contributed by atoms with Crippen LogP contribution in [0.2, 0.25) is 0 Å². The fourth-order valence-electron chi connectivity index (χ4n) is 2.70. The third-order valence-electron chi connectivity index (χ3n) is 4.06. The molecule has 0 radical (unpaired) electrons. The molecule has 25 heavy (non-hydrogen) atoms. The first-order chi connectivity index (χ1) is 12.0. The van der Waals surface area contributed by atoms with Crippen LogP contribution in [0.3, 0.4) is 0 Å². The normalized spacial score (nSPS) is 17.1. The molecular formula is C19H17N3O2S. The zero-order valence-corrected chi connectivity index (χ0v) is 14.7. The summed E-state index contributed by atoms with van der Waals surface area (Å²) in [7, 11) is 1.60. The molecule has 0 spiro atoms. The van der Waals surface area contributed by atoms with E-state index in [1.165, 1.54) is 0 Å². The van der Waals surface area contributed by atoms with E-state index >= 15 is 0 Å². The minimum Gasteiger partial charge on any atom is -0.497 e. The van der Waals surface area contributed by atoms with E-state index in [2.05, 4.69) is 17.9 Å². The van der Waals surface area contributed by atoms with Gasteiger partial charge in [0.2, 0.25) is 0 Å². The first-order valence-electron chi connectivity index (χ1n) is 7.69. The van der Waals surface area contributed by atoms with Gasteiger partial charge in [0.05, 0.1) is 12.1 Å². The molecule has 2 aromatic rings. The highest BCUT2D eigenvalue weighted by molar-refractivity contribution is 7.84. The minimum absolute atomic E-state index is 0.00586. The summed E-state index contributed by atoms with van der Waals surface area (Å²) in [4.78, 5) is 14.1. The summed E-state index contributed by atoms with van der Waals surface area (Å²) in [6.07, 6.45) is -0.467. The van der Waals surface area contributed by atoms with E-state index < -0.39 is 12.1 Å². The highest BCUT2D eigenvalue weighted by Crippen LogP contribution is 2.36. The van der Waals surface area contributed by atoms with Crippen LogP contribution in [0.4, 0.5) is 5.69 Å². The maximum absolute atomic E-state index is 12.3. The van der Waals surface area contributed by atoms with Crippen LogP contribution < -0.4 is 15.0 Å². The molecule has 2 aromatic carbocycles. The second-order valence-corrected chi connectivity index (χ2v) is 6.09. The predicted molar refractivity (Wildman–Crippen MR) is 99.2 cm³/mol. The summed E-state index contributed by atoms with van der Waals surface area (Å²) in [6, 6.07) is 17.2. The van der Waals surface area contributed by atoms with Crippen LogP contribution in [0, 0.1) is 18.3 Å². The molecule has 0 saturated carbocycles. The summed E-state index contributed by atoms with van der Waals surface area (Å²) in [6.45, 7) is 2.00. The molecule has 1 aliphatic heterocycles. The van der Waals surface area contributed by atoms with Crippen molar-refractivity contribution in [2.24, 2.45) is 0 Å². The van der Waals surface area contributed by atoms with E-state index in [0.717, 1.165) is 22.6 Å². The van der Waals surface area contributed by atoms with Crippen molar-refractivity contribution >= 4 is 24.2 Å². The average molecular weight is 351 g/mol. The molecule has 0 aliphatic carbocycles. The first-order valence-corrected chi connectivity index (χ1v) is 8.14. The van der Waals surface area contributed by atoms with E-state index in [4.69, 9.17) is 4.74 Å². The van der Waals surface area contributed by atoms with Crippen molar-refractivity contribution in [3.63, 3.8) is 0 Å². The van der Waals surface area contributed by atoms with Crippen molar-refractivity contribution in [2.45, 2.75) is 13.1 Å². The maximum atomic E-state index is 12.3. The smallest absolute Gasteiger partial charge is 0.266 e. The summed E-state index contributed by atoms with van der Waals surface area (Å²) in [5.74, 6) is 0.295. The van der Waals surface area contributed by atoms with Gasteiger partial charge >= 0.3 is 0 Å². The zero-order chi connectivity index (χ0) is 18.0. The molecule has 126 valence electrons. The Morgan fingerprint density at radius 3 is 2.36 bits per heavy atom. The number of anilines is 1. The summed E-state index contributed by atoms with van der Waals surface area (Å²) >= 11 is 4.47. The topological polar surface area (TPSA) is 65.4 Å². The second kappa shape index (κ2) is 6.91. The number of nitrogens with one attached hydrogen (secondary N) is 1. The number of ether oxygens (including phenoxy) is 1. The number of thiol groups is 1. The third-order valence-corrected chi connectivity index (χ3v) is 4.50. The molecule has 0 aromatic heterocycles. The molecule has 1 amide bonds. The van der Waals surface area contributed by atoms with Crippen LogP contribution in [0.25, 0.3) is 0 Å². The van der Waals surface area contributed by atoms with Gasteiger partial charge in [0.1, 0.15) is 23.6 Å². The second-order valence-electron chi connectivity index (χ2n) is 5.67. The molecule has 1 N–H and O–H groups in total. The van der Waals surface area contributed by atoms with E-state index in [1.807, 2.05) is 66.4 Å². The standard InChI is InChI=1S/C19H17N3O2S/c1-12-3-7-14(8-4-12)22-17(13-5-9-15(24-2)10-6-13)21-18(23)16(11-20)19(22)25/h3-10,17,25H,1-2H3,(H,21,23). The van der Waals surface area contributed by atoms with Gasteiger partial charge in [-0.15, -0.1) is 12.6 Å². The first kappa shape index (κ1) is 16.9. The molecule has 1 atom stereocenters. The lowest BCUT2D eigenvalue weighted by molar-refractivity contribution is -0.118. The molecule has 1 unspecified atom stereocenters. The Bertz CT molecular complexity index is 867. The van der Waals surface area contributed by atoms with Gasteiger partial charge in [-0.1, -0.05) is 29.8 Å². The lowest BCUT2D eigenvalue weighted by Crippen LogP contribution is -2.46. The van der Waals surface area contributed by atoms with Crippen molar-refractivity contribution in [1.29, 1.82) is 5.26 Å². The number of nitriles is 1. The summed E-state index contributed by atoms with van der Waals surface area (Å²) in [5.41, 5.74) is 2.81. The molecule has 0 saturated heterocycles. The quantitative estimate of drug-likeness (QED) is 0.833. The Morgan fingerprint density at radius 2 is 1.80 bits per heavy atom. The number of hydrogen-bond acceptors (Lipinski definition) is 5. The minimum atomic E-state index is -0.467. The number of methoxy groups -OCH3 is 1. The molecular weight excluding hydrogens is 334 g/mol. The van der Waals surface area contributed by atoms with Gasteiger partial charge in [-0.05, 0) is 36.8 Å². The van der Waals surface area contributed by atoms with Crippen molar-refractivity contribution in [2.75, 3.05) is 12.0 Å². The lowest BCUT2D eigenvalue weighted by Gasteiger charge is -2.38. The SMILES string of the molecule is COc1ccc(C2NC(=O)C(C#N)=C(S)N2c2ccc(C)cc2)cc1. The van der Waals surface area contributed by atoms with Gasteiger partial charge < -0.3 is 15.0 Å². The Kier molecular flexibility index (Phi) is 4.68. The summed E-state index contributed by atoms with van der Waals surface area (Å²) < 4.78 is 5.19. The molecule has 3 rings (SSSR count). The van der Waals surface area contributed by atoms with Gasteiger partial charge in [0.15, 0.2) is 0 Å². The third kappa shape index (κ3) is 3.19. The van der Waals surface area contributed by atoms with Crippen LogP contribution in [0.15, 0.2) is 59.1 Å². The van der Waals surface area contributed by atoms with Gasteiger partial charge in [0, 0.05) is 5.69 Å². The maximum Gasteiger partial charge on any atom is 0.266 e. The number of hydrogen-bond donors (Lipinski definition) is 2. The molecule has 6 heteroatoms. The number of amides is 1. The van der Waals surface area contributed by atoms with Gasteiger partial charge in [-0.2, -0.15) is 5.26 Å². The van der Waals surface area contributed by atoms with E-state index in [-0.39, 0.29) is 5.57 Å². The number of carbonyl (C=O) groups is 1. The number of rotatable bonds is 3. The molecule has 1 heterocycles. The number of carbonyl (C=O) groups excluding carboxylic acids is 1. The summed E-state index contributed by atoms with van der Waals surface area (Å²) in [5, 5.41) is 12.5. The Labute approximate surface area is 151 Å². The van der Waals surface area contributed by atoms with Crippen molar-refractivity contribution in [3.05, 3.63) is 70.3 Å². The molecule has 0 fully saturated rings. The van der Waals surface area contributed by atoms with Crippen LogP contribution in [-0.2, 0) is 4.79 Å². The molecule has 0 bridgehead atoms. The zero-order valence-electron chi connectivity index (χ0n) is 13.9. The van der Waals surface area contributed by atoms with Crippen molar-refractivity contribution in [1.82, 2.24) is 5.32 Å². The lowest BCUT2D eigenvalue weighted by atomic mass is 10.1. The Balaban J connectivity index is 2.11. The van der Waals surface area contributed by atoms with Crippen LogP contribution in [0.5, 0.6) is 5.75 Å². The van der Waals surface area contributed by atoms with E-state index in [0.29, 0.717) is 5.03 Å². The number of aryl methyl sites for hydroxylation is 1. The number of nitrogens with zero attached hydrogens (tertiary/aromatic N) is 2. The van der Waals surface area contributed by atoms with Crippen LogP contribution in [0.1, 0.15) is 17.3 Å². The average Bonchev–Trinajstić information content (AvgIpc) is 2.63. The van der Waals surface area contributed by atoms with E-state index in [1.54, 1.807) is 7.11 Å². The van der Waals surface area contributed by atoms with Gasteiger partial charge in [-0.25, -0.2) is 0 Å².